The number of unbranched alkanes of at least 4 members (excludes halogenated alkanes) is 3. The quantitative estimate of drug-likeness (QED) is 0.632. The molecule has 102 valence electrons. The molecule has 0 aliphatic rings. The van der Waals surface area contributed by atoms with Gasteiger partial charge in [0.2, 0.25) is 0 Å². The molecule has 0 spiro atoms. The summed E-state index contributed by atoms with van der Waals surface area (Å²) < 4.78 is 5.35. The summed E-state index contributed by atoms with van der Waals surface area (Å²) in [4.78, 5) is 0. The van der Waals surface area contributed by atoms with Crippen LogP contribution in [0.2, 0.25) is 10.0 Å². The molecule has 1 aromatic heterocycles. The van der Waals surface area contributed by atoms with Crippen molar-refractivity contribution in [3.8, 4) is 11.3 Å². The normalized spacial score (nSPS) is 10.9. The van der Waals surface area contributed by atoms with E-state index in [1.54, 1.807) is 0 Å². The maximum atomic E-state index is 6.32. The molecule has 2 rings (SSSR count). The average Bonchev–Trinajstić information content (AvgIpc) is 2.77. The number of aryl methyl sites for hydroxylation is 1. The Labute approximate surface area is 123 Å². The largest absolute Gasteiger partial charge is 0.359 e. The highest BCUT2D eigenvalue weighted by Gasteiger charge is 2.15. The number of hydrogen-bond donors (Lipinski definition) is 0. The molecular formula is C15H17Cl2NO. The third-order valence-corrected chi connectivity index (χ3v) is 3.72. The molecule has 0 amide bonds. The molecule has 0 atom stereocenters. The monoisotopic (exact) mass is 297 g/mol. The summed E-state index contributed by atoms with van der Waals surface area (Å²) in [5.41, 5.74) is 1.63. The lowest BCUT2D eigenvalue weighted by atomic mass is 10.1. The Balaban J connectivity index is 2.07. The molecule has 0 unspecified atom stereocenters. The van der Waals surface area contributed by atoms with Crippen LogP contribution in [0.15, 0.2) is 28.8 Å². The van der Waals surface area contributed by atoms with Gasteiger partial charge in [-0.25, -0.2) is 0 Å². The van der Waals surface area contributed by atoms with Crippen LogP contribution in [0, 0.1) is 0 Å². The SMILES string of the molecule is CCCCCCc1onc(-c2ccc(Cl)cc2)c1Cl. The van der Waals surface area contributed by atoms with Gasteiger partial charge in [-0.3, -0.25) is 0 Å². The Hall–Kier alpha value is -0.990. The summed E-state index contributed by atoms with van der Waals surface area (Å²) in [5.74, 6) is 0.780. The summed E-state index contributed by atoms with van der Waals surface area (Å²) >= 11 is 12.2. The first-order valence-corrected chi connectivity index (χ1v) is 7.38. The Morgan fingerprint density at radius 2 is 1.79 bits per heavy atom. The molecule has 0 N–H and O–H groups in total. The number of aromatic nitrogens is 1. The summed E-state index contributed by atoms with van der Waals surface area (Å²) in [6.07, 6.45) is 5.60. The maximum absolute atomic E-state index is 6.32. The predicted octanol–water partition coefficient (Wildman–Crippen LogP) is 5.77. The van der Waals surface area contributed by atoms with Gasteiger partial charge >= 0.3 is 0 Å². The van der Waals surface area contributed by atoms with Gasteiger partial charge in [0.05, 0.1) is 0 Å². The van der Waals surface area contributed by atoms with E-state index < -0.39 is 0 Å². The molecule has 0 saturated carbocycles. The molecule has 0 aliphatic carbocycles. The van der Waals surface area contributed by atoms with Crippen molar-refractivity contribution in [1.82, 2.24) is 5.16 Å². The Morgan fingerprint density at radius 1 is 1.05 bits per heavy atom. The van der Waals surface area contributed by atoms with Crippen LogP contribution < -0.4 is 0 Å². The van der Waals surface area contributed by atoms with Crippen molar-refractivity contribution in [2.75, 3.05) is 0 Å². The molecule has 0 fully saturated rings. The van der Waals surface area contributed by atoms with Crippen LogP contribution in [-0.2, 0) is 6.42 Å². The minimum absolute atomic E-state index is 0.624. The van der Waals surface area contributed by atoms with Crippen LogP contribution in [-0.4, -0.2) is 5.16 Å². The third kappa shape index (κ3) is 3.74. The molecule has 1 heterocycles. The van der Waals surface area contributed by atoms with Gasteiger partial charge in [-0.2, -0.15) is 0 Å². The molecule has 1 aromatic carbocycles. The average molecular weight is 298 g/mol. The van der Waals surface area contributed by atoms with Gasteiger partial charge < -0.3 is 4.52 Å². The topological polar surface area (TPSA) is 26.0 Å². The molecule has 19 heavy (non-hydrogen) atoms. The fourth-order valence-corrected chi connectivity index (χ4v) is 2.37. The molecule has 2 aromatic rings. The summed E-state index contributed by atoms with van der Waals surface area (Å²) in [5, 5.41) is 5.39. The van der Waals surface area contributed by atoms with Crippen LogP contribution in [0.25, 0.3) is 11.3 Å². The van der Waals surface area contributed by atoms with Crippen LogP contribution in [0.1, 0.15) is 38.4 Å². The van der Waals surface area contributed by atoms with Crippen molar-refractivity contribution in [2.24, 2.45) is 0 Å². The highest BCUT2D eigenvalue weighted by atomic mass is 35.5. The van der Waals surface area contributed by atoms with E-state index in [0.29, 0.717) is 15.7 Å². The van der Waals surface area contributed by atoms with Crippen LogP contribution in [0.4, 0.5) is 0 Å². The lowest BCUT2D eigenvalue weighted by Crippen LogP contribution is -1.84. The minimum atomic E-state index is 0.624. The van der Waals surface area contributed by atoms with Gasteiger partial charge in [0.25, 0.3) is 0 Å². The molecule has 4 heteroatoms. The molecule has 0 aliphatic heterocycles. The van der Waals surface area contributed by atoms with Gasteiger partial charge in [-0.05, 0) is 18.6 Å². The second kappa shape index (κ2) is 6.97. The van der Waals surface area contributed by atoms with E-state index in [-0.39, 0.29) is 0 Å². The molecule has 0 saturated heterocycles. The van der Waals surface area contributed by atoms with Crippen molar-refractivity contribution in [3.05, 3.63) is 40.1 Å². The van der Waals surface area contributed by atoms with Crippen molar-refractivity contribution < 1.29 is 4.52 Å². The summed E-state index contributed by atoms with van der Waals surface area (Å²) in [6.45, 7) is 2.19. The minimum Gasteiger partial charge on any atom is -0.359 e. The number of halogens is 2. The Kier molecular flexibility index (Phi) is 5.29. The van der Waals surface area contributed by atoms with Gasteiger partial charge in [0.15, 0.2) is 5.76 Å². The Morgan fingerprint density at radius 3 is 2.47 bits per heavy atom. The van der Waals surface area contributed by atoms with Crippen molar-refractivity contribution in [1.29, 1.82) is 0 Å². The van der Waals surface area contributed by atoms with E-state index >= 15 is 0 Å². The molecule has 2 nitrogen and oxygen atoms in total. The first-order valence-electron chi connectivity index (χ1n) is 6.62. The number of hydrogen-bond acceptors (Lipinski definition) is 2. The van der Waals surface area contributed by atoms with E-state index in [1.807, 2.05) is 24.3 Å². The van der Waals surface area contributed by atoms with E-state index in [0.717, 1.165) is 24.2 Å². The van der Waals surface area contributed by atoms with Crippen LogP contribution >= 0.6 is 23.2 Å². The third-order valence-electron chi connectivity index (χ3n) is 3.07. The second-order valence-corrected chi connectivity index (χ2v) is 5.40. The number of nitrogens with zero attached hydrogens (tertiary/aromatic N) is 1. The van der Waals surface area contributed by atoms with Crippen molar-refractivity contribution in [2.45, 2.75) is 39.0 Å². The standard InChI is InChI=1S/C15H17Cl2NO/c1-2-3-4-5-6-13-14(17)15(18-19-13)11-7-9-12(16)10-8-11/h7-10H,2-6H2,1H3. The van der Waals surface area contributed by atoms with Gasteiger partial charge in [0.1, 0.15) is 10.7 Å². The van der Waals surface area contributed by atoms with E-state index in [2.05, 4.69) is 12.1 Å². The van der Waals surface area contributed by atoms with Gasteiger partial charge in [0, 0.05) is 17.0 Å². The molecule has 0 radical (unpaired) electrons. The smallest absolute Gasteiger partial charge is 0.155 e. The van der Waals surface area contributed by atoms with Gasteiger partial charge in [-0.1, -0.05) is 66.7 Å². The highest BCUT2D eigenvalue weighted by Crippen LogP contribution is 2.31. The van der Waals surface area contributed by atoms with Gasteiger partial charge in [-0.15, -0.1) is 0 Å². The lowest BCUT2D eigenvalue weighted by Gasteiger charge is -1.98. The predicted molar refractivity (Wildman–Crippen MR) is 79.8 cm³/mol. The highest BCUT2D eigenvalue weighted by molar-refractivity contribution is 6.33. The zero-order valence-electron chi connectivity index (χ0n) is 11.0. The number of benzene rings is 1. The van der Waals surface area contributed by atoms with E-state index in [9.17, 15) is 0 Å². The maximum Gasteiger partial charge on any atom is 0.155 e. The summed E-state index contributed by atoms with van der Waals surface area (Å²) in [7, 11) is 0. The summed E-state index contributed by atoms with van der Waals surface area (Å²) in [6, 6.07) is 7.44. The lowest BCUT2D eigenvalue weighted by molar-refractivity contribution is 0.381. The fourth-order valence-electron chi connectivity index (χ4n) is 1.97. The van der Waals surface area contributed by atoms with E-state index in [1.165, 1.54) is 19.3 Å². The first kappa shape index (κ1) is 14.4. The fraction of sp³-hybridized carbons (Fsp3) is 0.400. The zero-order valence-corrected chi connectivity index (χ0v) is 12.5. The second-order valence-electron chi connectivity index (χ2n) is 4.59. The Bertz CT molecular complexity index is 519. The van der Waals surface area contributed by atoms with Crippen LogP contribution in [0.3, 0.4) is 0 Å². The zero-order chi connectivity index (χ0) is 13.7. The van der Waals surface area contributed by atoms with Crippen molar-refractivity contribution >= 4 is 23.2 Å². The number of rotatable bonds is 6. The van der Waals surface area contributed by atoms with Crippen molar-refractivity contribution in [3.63, 3.8) is 0 Å². The molecular weight excluding hydrogens is 281 g/mol. The first-order chi connectivity index (χ1) is 9.22. The van der Waals surface area contributed by atoms with Crippen LogP contribution in [0.5, 0.6) is 0 Å². The molecule has 0 bridgehead atoms. The van der Waals surface area contributed by atoms with E-state index in [4.69, 9.17) is 27.7 Å².